The lowest BCUT2D eigenvalue weighted by Crippen LogP contribution is -2.42. The van der Waals surface area contributed by atoms with Gasteiger partial charge >= 0.3 is 0 Å². The summed E-state index contributed by atoms with van der Waals surface area (Å²) in [6.07, 6.45) is 2.33. The SMILES string of the molecule is Cc1ccc(Cn2cc(CN3[C@H](Cc4ccccc4)COc4cc(Br)ccc4S3(=O)=O)nn2)cc1. The van der Waals surface area contributed by atoms with Crippen LogP contribution in [-0.2, 0) is 29.5 Å². The fraction of sp³-hybridized carbons (Fsp3) is 0.231. The first-order chi connectivity index (χ1) is 16.9. The van der Waals surface area contributed by atoms with Gasteiger partial charge in [0.05, 0.1) is 31.0 Å². The number of ether oxygens (including phenoxy) is 1. The molecule has 0 bridgehead atoms. The zero-order valence-electron chi connectivity index (χ0n) is 19.2. The van der Waals surface area contributed by atoms with E-state index in [4.69, 9.17) is 4.74 Å². The Labute approximate surface area is 213 Å². The Morgan fingerprint density at radius 2 is 1.77 bits per heavy atom. The lowest BCUT2D eigenvalue weighted by molar-refractivity contribution is 0.206. The number of sulfonamides is 1. The smallest absolute Gasteiger partial charge is 0.247 e. The summed E-state index contributed by atoms with van der Waals surface area (Å²) >= 11 is 3.42. The summed E-state index contributed by atoms with van der Waals surface area (Å²) in [4.78, 5) is 0.156. The van der Waals surface area contributed by atoms with E-state index in [9.17, 15) is 8.42 Å². The van der Waals surface area contributed by atoms with Gasteiger partial charge in [-0.2, -0.15) is 4.31 Å². The van der Waals surface area contributed by atoms with E-state index in [1.807, 2.05) is 43.5 Å². The Bertz CT molecular complexity index is 1420. The molecule has 9 heteroatoms. The molecule has 0 spiro atoms. The normalized spacial score (nSPS) is 17.4. The number of hydrogen-bond donors (Lipinski definition) is 0. The molecule has 4 aromatic rings. The summed E-state index contributed by atoms with van der Waals surface area (Å²) in [6.45, 7) is 2.94. The van der Waals surface area contributed by atoms with Crippen LogP contribution in [0.5, 0.6) is 5.75 Å². The van der Waals surface area contributed by atoms with Crippen LogP contribution in [0.15, 0.2) is 88.4 Å². The first kappa shape index (κ1) is 23.7. The van der Waals surface area contributed by atoms with Crippen molar-refractivity contribution in [2.45, 2.75) is 37.4 Å². The van der Waals surface area contributed by atoms with Crippen LogP contribution in [0, 0.1) is 6.92 Å². The quantitative estimate of drug-likeness (QED) is 0.349. The molecule has 2 heterocycles. The second-order valence-corrected chi connectivity index (χ2v) is 11.5. The number of rotatable bonds is 6. The standard InChI is InChI=1S/C26H25BrN4O3S/c1-19-7-9-21(10-8-19)15-30-16-23(28-29-30)17-31-24(13-20-5-3-2-4-6-20)18-34-25-14-22(27)11-12-26(25)35(31,32)33/h2-12,14,16,24H,13,15,17-18H2,1H3/t24-/m1/s1. The lowest BCUT2D eigenvalue weighted by Gasteiger charge is -2.27. The van der Waals surface area contributed by atoms with Crippen LogP contribution in [0.2, 0.25) is 0 Å². The van der Waals surface area contributed by atoms with Crippen molar-refractivity contribution in [3.05, 3.63) is 106 Å². The second kappa shape index (κ2) is 9.93. The highest BCUT2D eigenvalue weighted by Gasteiger charge is 2.37. The first-order valence-corrected chi connectivity index (χ1v) is 13.5. The molecular formula is C26H25BrN4O3S. The monoisotopic (exact) mass is 552 g/mol. The Balaban J connectivity index is 1.45. The molecule has 0 saturated heterocycles. The van der Waals surface area contributed by atoms with Gasteiger partial charge in [0.1, 0.15) is 17.3 Å². The number of halogens is 1. The molecule has 7 nitrogen and oxygen atoms in total. The molecule has 1 atom stereocenters. The molecule has 0 saturated carbocycles. The molecule has 0 radical (unpaired) electrons. The predicted molar refractivity (Wildman–Crippen MR) is 137 cm³/mol. The minimum Gasteiger partial charge on any atom is -0.490 e. The van der Waals surface area contributed by atoms with Crippen LogP contribution in [0.1, 0.15) is 22.4 Å². The third-order valence-corrected chi connectivity index (χ3v) is 8.45. The van der Waals surface area contributed by atoms with Gasteiger partial charge in [-0.3, -0.25) is 0 Å². The van der Waals surface area contributed by atoms with Crippen LogP contribution in [0.4, 0.5) is 0 Å². The number of hydrogen-bond acceptors (Lipinski definition) is 5. The van der Waals surface area contributed by atoms with Crippen molar-refractivity contribution in [3.8, 4) is 5.75 Å². The largest absolute Gasteiger partial charge is 0.490 e. The average Bonchev–Trinajstić information content (AvgIpc) is 3.25. The summed E-state index contributed by atoms with van der Waals surface area (Å²) in [5.74, 6) is 0.350. The Morgan fingerprint density at radius 3 is 2.54 bits per heavy atom. The molecular weight excluding hydrogens is 528 g/mol. The van der Waals surface area contributed by atoms with Crippen molar-refractivity contribution in [2.24, 2.45) is 0 Å². The maximum Gasteiger partial charge on any atom is 0.247 e. The van der Waals surface area contributed by atoms with E-state index in [1.165, 1.54) is 9.87 Å². The molecule has 0 aliphatic carbocycles. The molecule has 1 aliphatic heterocycles. The van der Waals surface area contributed by atoms with Crippen LogP contribution < -0.4 is 4.74 Å². The van der Waals surface area contributed by atoms with E-state index in [1.54, 1.807) is 22.9 Å². The summed E-state index contributed by atoms with van der Waals surface area (Å²) in [5.41, 5.74) is 3.92. The second-order valence-electron chi connectivity index (χ2n) is 8.69. The van der Waals surface area contributed by atoms with Gasteiger partial charge in [-0.15, -0.1) is 5.10 Å². The van der Waals surface area contributed by atoms with Gasteiger partial charge in [-0.25, -0.2) is 13.1 Å². The summed E-state index contributed by atoms with van der Waals surface area (Å²) < 4.78 is 37.7. The lowest BCUT2D eigenvalue weighted by atomic mass is 10.1. The van der Waals surface area contributed by atoms with Crippen molar-refractivity contribution in [3.63, 3.8) is 0 Å². The van der Waals surface area contributed by atoms with E-state index in [-0.39, 0.29) is 18.0 Å². The predicted octanol–water partition coefficient (Wildman–Crippen LogP) is 4.59. The van der Waals surface area contributed by atoms with E-state index in [0.717, 1.165) is 15.6 Å². The van der Waals surface area contributed by atoms with Crippen molar-refractivity contribution in [1.82, 2.24) is 19.3 Å². The van der Waals surface area contributed by atoms with Gasteiger partial charge in [-0.1, -0.05) is 81.3 Å². The minimum atomic E-state index is -3.85. The highest BCUT2D eigenvalue weighted by Crippen LogP contribution is 2.35. The highest BCUT2D eigenvalue weighted by molar-refractivity contribution is 9.10. The van der Waals surface area contributed by atoms with Gasteiger partial charge in [0, 0.05) is 4.47 Å². The van der Waals surface area contributed by atoms with Gasteiger partial charge in [0.25, 0.3) is 0 Å². The molecule has 180 valence electrons. The summed E-state index contributed by atoms with van der Waals surface area (Å²) in [7, 11) is -3.85. The van der Waals surface area contributed by atoms with E-state index in [2.05, 4.69) is 50.5 Å². The first-order valence-electron chi connectivity index (χ1n) is 11.3. The van der Waals surface area contributed by atoms with E-state index in [0.29, 0.717) is 24.4 Å². The van der Waals surface area contributed by atoms with Crippen molar-refractivity contribution >= 4 is 26.0 Å². The maximum absolute atomic E-state index is 13.8. The molecule has 35 heavy (non-hydrogen) atoms. The molecule has 5 rings (SSSR count). The van der Waals surface area contributed by atoms with Crippen LogP contribution in [-0.4, -0.2) is 40.4 Å². The molecule has 1 aromatic heterocycles. The van der Waals surface area contributed by atoms with Crippen molar-refractivity contribution in [2.75, 3.05) is 6.61 Å². The molecule has 0 N–H and O–H groups in total. The van der Waals surface area contributed by atoms with Gasteiger partial charge in [0.2, 0.25) is 10.0 Å². The number of aryl methyl sites for hydroxylation is 1. The van der Waals surface area contributed by atoms with Crippen molar-refractivity contribution in [1.29, 1.82) is 0 Å². The fourth-order valence-electron chi connectivity index (χ4n) is 4.19. The summed E-state index contributed by atoms with van der Waals surface area (Å²) in [6, 6.07) is 22.7. The Kier molecular flexibility index (Phi) is 6.73. The third kappa shape index (κ3) is 5.32. The van der Waals surface area contributed by atoms with Gasteiger partial charge < -0.3 is 4.74 Å². The van der Waals surface area contributed by atoms with E-state index < -0.39 is 16.1 Å². The zero-order chi connectivity index (χ0) is 24.4. The fourth-order valence-corrected chi connectivity index (χ4v) is 6.22. The number of benzene rings is 3. The van der Waals surface area contributed by atoms with Gasteiger partial charge in [0.15, 0.2) is 0 Å². The third-order valence-electron chi connectivity index (χ3n) is 6.01. The summed E-state index contributed by atoms with van der Waals surface area (Å²) in [5, 5.41) is 8.53. The maximum atomic E-state index is 13.8. The highest BCUT2D eigenvalue weighted by atomic mass is 79.9. The Hall–Kier alpha value is -3.01. The zero-order valence-corrected chi connectivity index (χ0v) is 21.6. The number of nitrogens with zero attached hydrogens (tertiary/aromatic N) is 4. The van der Waals surface area contributed by atoms with Crippen LogP contribution in [0.3, 0.4) is 0 Å². The number of aromatic nitrogens is 3. The molecule has 0 amide bonds. The Morgan fingerprint density at radius 1 is 1.00 bits per heavy atom. The molecule has 3 aromatic carbocycles. The average molecular weight is 553 g/mol. The molecule has 0 unspecified atom stereocenters. The van der Waals surface area contributed by atoms with Crippen LogP contribution in [0.25, 0.3) is 0 Å². The minimum absolute atomic E-state index is 0.104. The number of fused-ring (bicyclic) bond motifs is 1. The molecule has 0 fully saturated rings. The van der Waals surface area contributed by atoms with E-state index >= 15 is 0 Å². The van der Waals surface area contributed by atoms with Crippen molar-refractivity contribution < 1.29 is 13.2 Å². The molecule has 1 aliphatic rings. The van der Waals surface area contributed by atoms with Crippen LogP contribution >= 0.6 is 15.9 Å². The van der Waals surface area contributed by atoms with Gasteiger partial charge in [-0.05, 0) is 42.7 Å². The topological polar surface area (TPSA) is 77.3 Å².